The van der Waals surface area contributed by atoms with Crippen LogP contribution in [-0.4, -0.2) is 21.7 Å². The van der Waals surface area contributed by atoms with Gasteiger partial charge in [0.25, 0.3) is 0 Å². The van der Waals surface area contributed by atoms with Crippen molar-refractivity contribution in [2.75, 3.05) is 11.9 Å². The number of rotatable bonds is 5. The first-order valence-corrected chi connectivity index (χ1v) is 6.46. The van der Waals surface area contributed by atoms with E-state index < -0.39 is 0 Å². The Bertz CT molecular complexity index is 544. The maximum Gasteiger partial charge on any atom is 0.213 e. The van der Waals surface area contributed by atoms with Gasteiger partial charge in [-0.25, -0.2) is 0 Å². The summed E-state index contributed by atoms with van der Waals surface area (Å²) in [7, 11) is 0. The van der Waals surface area contributed by atoms with Gasteiger partial charge in [0.05, 0.1) is 0 Å². The summed E-state index contributed by atoms with van der Waals surface area (Å²) in [6.45, 7) is 0.672. The van der Waals surface area contributed by atoms with E-state index in [1.54, 1.807) is 0 Å². The number of hydrogen-bond donors (Lipinski definition) is 2. The van der Waals surface area contributed by atoms with Crippen LogP contribution in [0.25, 0.3) is 0 Å². The summed E-state index contributed by atoms with van der Waals surface area (Å²) in [5.41, 5.74) is 7.40. The molecule has 0 bridgehead atoms. The van der Waals surface area contributed by atoms with E-state index in [-0.39, 0.29) is 0 Å². The molecule has 0 aliphatic heterocycles. The quantitative estimate of drug-likeness (QED) is 0.819. The van der Waals surface area contributed by atoms with Gasteiger partial charge in [-0.3, -0.25) is 0 Å². The summed E-state index contributed by atoms with van der Waals surface area (Å²) in [5, 5.41) is 6.99. The number of nitrogens with one attached hydrogen (secondary N) is 1. The van der Waals surface area contributed by atoms with Crippen molar-refractivity contribution in [1.82, 2.24) is 10.1 Å². The Kier molecular flexibility index (Phi) is 4.27. The maximum absolute atomic E-state index is 5.70. The molecule has 1 heterocycles. The molecule has 18 heavy (non-hydrogen) atoms. The molecule has 7 heteroatoms. The van der Waals surface area contributed by atoms with Gasteiger partial charge in [-0.1, -0.05) is 23.4 Å². The van der Waals surface area contributed by atoms with E-state index in [1.165, 1.54) is 6.39 Å². The summed E-state index contributed by atoms with van der Waals surface area (Å²) in [4.78, 5) is 4.30. The van der Waals surface area contributed by atoms with Crippen molar-refractivity contribution in [2.24, 2.45) is 5.73 Å². The predicted octanol–water partition coefficient (Wildman–Crippen LogP) is 2.12. The van der Waals surface area contributed by atoms with Crippen molar-refractivity contribution in [3.63, 3.8) is 0 Å². The minimum atomic E-state index is 0.351. The van der Waals surface area contributed by atoms with E-state index in [0.717, 1.165) is 15.7 Å². The van der Waals surface area contributed by atoms with Gasteiger partial charge in [0.2, 0.25) is 6.39 Å². The number of anilines is 1. The molecule has 0 aliphatic carbocycles. The van der Waals surface area contributed by atoms with E-state index in [1.807, 2.05) is 18.2 Å². The van der Waals surface area contributed by atoms with Crippen LogP contribution in [-0.2, 0) is 6.42 Å². The van der Waals surface area contributed by atoms with Gasteiger partial charge in [0.1, 0.15) is 4.99 Å². The third-order valence-electron chi connectivity index (χ3n) is 2.33. The van der Waals surface area contributed by atoms with Crippen molar-refractivity contribution in [1.29, 1.82) is 0 Å². The first kappa shape index (κ1) is 13.0. The van der Waals surface area contributed by atoms with E-state index >= 15 is 0 Å². The predicted molar refractivity (Wildman–Crippen MR) is 76.5 cm³/mol. The monoisotopic (exact) mass is 326 g/mol. The highest BCUT2D eigenvalue weighted by Gasteiger charge is 2.09. The molecule has 0 amide bonds. The molecule has 1 aromatic heterocycles. The number of thiocarbonyl (C=S) groups is 1. The zero-order valence-corrected chi connectivity index (χ0v) is 11.8. The number of nitrogens with two attached hydrogens (primary N) is 1. The fourth-order valence-corrected chi connectivity index (χ4v) is 2.46. The minimum Gasteiger partial charge on any atom is -0.389 e. The summed E-state index contributed by atoms with van der Waals surface area (Å²) < 4.78 is 5.54. The number of nitrogens with zero attached hydrogens (tertiary/aromatic N) is 2. The lowest BCUT2D eigenvalue weighted by Gasteiger charge is -2.11. The van der Waals surface area contributed by atoms with Crippen LogP contribution in [0.2, 0.25) is 0 Å². The molecule has 0 spiro atoms. The van der Waals surface area contributed by atoms with Crippen molar-refractivity contribution in [3.05, 3.63) is 40.5 Å². The molecule has 0 radical (unpaired) electrons. The normalized spacial score (nSPS) is 10.3. The third-order valence-corrected chi connectivity index (χ3v) is 3.20. The topological polar surface area (TPSA) is 77.0 Å². The van der Waals surface area contributed by atoms with Crippen LogP contribution in [0.3, 0.4) is 0 Å². The van der Waals surface area contributed by atoms with Crippen LogP contribution < -0.4 is 11.1 Å². The number of halogens is 1. The molecule has 2 aromatic rings. The van der Waals surface area contributed by atoms with E-state index in [0.29, 0.717) is 23.8 Å². The van der Waals surface area contributed by atoms with Crippen molar-refractivity contribution >= 4 is 38.8 Å². The van der Waals surface area contributed by atoms with Crippen LogP contribution in [0, 0.1) is 0 Å². The van der Waals surface area contributed by atoms with Crippen molar-refractivity contribution < 1.29 is 4.52 Å². The lowest BCUT2D eigenvalue weighted by molar-refractivity contribution is 0.410. The average Bonchev–Trinajstić information content (AvgIpc) is 2.81. The van der Waals surface area contributed by atoms with Crippen molar-refractivity contribution in [3.8, 4) is 0 Å². The van der Waals surface area contributed by atoms with Crippen LogP contribution in [0.15, 0.2) is 33.6 Å². The Balaban J connectivity index is 2.05. The second kappa shape index (κ2) is 5.92. The van der Waals surface area contributed by atoms with Crippen LogP contribution >= 0.6 is 28.1 Å². The molecule has 0 saturated heterocycles. The summed E-state index contributed by atoms with van der Waals surface area (Å²) in [6, 6.07) is 5.75. The van der Waals surface area contributed by atoms with Crippen molar-refractivity contribution in [2.45, 2.75) is 6.42 Å². The van der Waals surface area contributed by atoms with Crippen LogP contribution in [0.4, 0.5) is 5.69 Å². The Morgan fingerprint density at radius 1 is 1.50 bits per heavy atom. The highest BCUT2D eigenvalue weighted by molar-refractivity contribution is 9.10. The molecule has 0 saturated carbocycles. The molecular weight excluding hydrogens is 316 g/mol. The number of benzene rings is 1. The minimum absolute atomic E-state index is 0.351. The van der Waals surface area contributed by atoms with E-state index in [4.69, 9.17) is 18.0 Å². The van der Waals surface area contributed by atoms with Gasteiger partial charge in [-0.2, -0.15) is 4.98 Å². The summed E-state index contributed by atoms with van der Waals surface area (Å²) >= 11 is 8.47. The van der Waals surface area contributed by atoms with Gasteiger partial charge < -0.3 is 15.6 Å². The second-order valence-electron chi connectivity index (χ2n) is 3.55. The van der Waals surface area contributed by atoms with E-state index in [2.05, 4.69) is 35.9 Å². The molecule has 0 atom stereocenters. The number of hydrogen-bond acceptors (Lipinski definition) is 5. The fraction of sp³-hybridized carbons (Fsp3) is 0.182. The molecule has 5 nitrogen and oxygen atoms in total. The average molecular weight is 327 g/mol. The van der Waals surface area contributed by atoms with Gasteiger partial charge in [0.15, 0.2) is 5.82 Å². The largest absolute Gasteiger partial charge is 0.389 e. The van der Waals surface area contributed by atoms with Gasteiger partial charge in [0, 0.05) is 28.7 Å². The zero-order valence-electron chi connectivity index (χ0n) is 9.39. The Labute approximate surface area is 118 Å². The molecule has 0 aliphatic rings. The summed E-state index contributed by atoms with van der Waals surface area (Å²) in [5.74, 6) is 0.661. The Morgan fingerprint density at radius 2 is 2.33 bits per heavy atom. The van der Waals surface area contributed by atoms with Crippen LogP contribution in [0.5, 0.6) is 0 Å². The Hall–Kier alpha value is -1.47. The third kappa shape index (κ3) is 3.05. The molecule has 0 unspecified atom stereocenters. The molecular formula is C11H11BrN4OS. The fourth-order valence-electron chi connectivity index (χ4n) is 1.53. The molecule has 2 rings (SSSR count). The van der Waals surface area contributed by atoms with Gasteiger partial charge in [-0.05, 0) is 28.1 Å². The first-order valence-electron chi connectivity index (χ1n) is 5.26. The Morgan fingerprint density at radius 3 is 3.00 bits per heavy atom. The van der Waals surface area contributed by atoms with Gasteiger partial charge in [-0.15, -0.1) is 0 Å². The molecule has 1 aromatic carbocycles. The second-order valence-corrected chi connectivity index (χ2v) is 4.85. The lowest BCUT2D eigenvalue weighted by atomic mass is 10.1. The standard InChI is InChI=1S/C11H11BrN4OS/c12-7-2-1-3-8(10(7)11(13)18)14-5-4-9-15-6-17-16-9/h1-3,6,14H,4-5H2,(H2,13,18). The maximum atomic E-state index is 5.70. The number of aromatic nitrogens is 2. The van der Waals surface area contributed by atoms with Gasteiger partial charge >= 0.3 is 0 Å². The smallest absolute Gasteiger partial charge is 0.213 e. The van der Waals surface area contributed by atoms with E-state index in [9.17, 15) is 0 Å². The summed E-state index contributed by atoms with van der Waals surface area (Å²) in [6.07, 6.45) is 1.98. The highest BCUT2D eigenvalue weighted by atomic mass is 79.9. The first-order chi connectivity index (χ1) is 8.68. The zero-order chi connectivity index (χ0) is 13.0. The van der Waals surface area contributed by atoms with Crippen LogP contribution in [0.1, 0.15) is 11.4 Å². The lowest BCUT2D eigenvalue weighted by Crippen LogP contribution is -2.15. The SMILES string of the molecule is NC(=S)c1c(Br)cccc1NCCc1ncon1. The highest BCUT2D eigenvalue weighted by Crippen LogP contribution is 2.24. The molecule has 3 N–H and O–H groups in total. The molecule has 0 fully saturated rings. The molecule has 94 valence electrons.